The molecule has 0 saturated carbocycles. The number of carbonyl (C=O) groups is 2. The lowest BCUT2D eigenvalue weighted by molar-refractivity contribution is -0.126. The van der Waals surface area contributed by atoms with E-state index < -0.39 is 0 Å². The maximum Gasteiger partial charge on any atom is 0.257 e. The van der Waals surface area contributed by atoms with Gasteiger partial charge in [0.2, 0.25) is 5.91 Å². The van der Waals surface area contributed by atoms with E-state index in [9.17, 15) is 9.59 Å². The molecule has 1 aromatic rings. The van der Waals surface area contributed by atoms with Gasteiger partial charge in [-0.15, -0.1) is 0 Å². The Balaban J connectivity index is 1.39. The number of amides is 2. The third-order valence-corrected chi connectivity index (χ3v) is 5.43. The summed E-state index contributed by atoms with van der Waals surface area (Å²) in [5, 5.41) is 3.07. The quantitative estimate of drug-likeness (QED) is 0.792. The van der Waals surface area contributed by atoms with E-state index in [-0.39, 0.29) is 17.9 Å². The highest BCUT2D eigenvalue weighted by Crippen LogP contribution is 2.19. The maximum atomic E-state index is 12.4. The van der Waals surface area contributed by atoms with Crippen molar-refractivity contribution in [3.8, 4) is 0 Å². The lowest BCUT2D eigenvalue weighted by Crippen LogP contribution is -2.55. The van der Waals surface area contributed by atoms with Crippen molar-refractivity contribution in [1.82, 2.24) is 15.1 Å². The van der Waals surface area contributed by atoms with Crippen molar-refractivity contribution in [3.63, 3.8) is 0 Å². The van der Waals surface area contributed by atoms with Gasteiger partial charge < -0.3 is 14.6 Å². The zero-order chi connectivity index (χ0) is 18.4. The molecule has 26 heavy (non-hydrogen) atoms. The first kappa shape index (κ1) is 18.7. The minimum absolute atomic E-state index is 0.00346. The van der Waals surface area contributed by atoms with Crippen molar-refractivity contribution in [3.05, 3.63) is 35.8 Å². The molecule has 2 aliphatic rings. The third-order valence-electron chi connectivity index (χ3n) is 5.43. The standard InChI is InChI=1S/C20H29N3O3/c1-16(19(24)21-9-7-17-5-3-2-4-6-17)22-10-12-23(13-11-22)20(25)18-8-14-26-15-18/h5,8,14-16H,2-4,6-7,9-13H2,1H3,(H,21,24). The second-order valence-electron chi connectivity index (χ2n) is 7.17. The van der Waals surface area contributed by atoms with Gasteiger partial charge in [0, 0.05) is 32.7 Å². The van der Waals surface area contributed by atoms with Crippen LogP contribution in [0.25, 0.3) is 0 Å². The Kier molecular flexibility index (Phi) is 6.50. The number of carbonyl (C=O) groups excluding carboxylic acids is 2. The van der Waals surface area contributed by atoms with Crippen LogP contribution in [0.4, 0.5) is 0 Å². The van der Waals surface area contributed by atoms with Gasteiger partial charge in [-0.1, -0.05) is 11.6 Å². The number of nitrogens with one attached hydrogen (secondary N) is 1. The molecule has 6 heteroatoms. The van der Waals surface area contributed by atoms with E-state index in [0.29, 0.717) is 38.3 Å². The van der Waals surface area contributed by atoms with E-state index >= 15 is 0 Å². The molecule has 1 unspecified atom stereocenters. The van der Waals surface area contributed by atoms with E-state index in [1.807, 2.05) is 11.8 Å². The summed E-state index contributed by atoms with van der Waals surface area (Å²) in [7, 11) is 0. The number of allylic oxidation sites excluding steroid dienone is 1. The number of hydrogen-bond donors (Lipinski definition) is 1. The van der Waals surface area contributed by atoms with Crippen molar-refractivity contribution in [2.45, 2.75) is 45.1 Å². The highest BCUT2D eigenvalue weighted by atomic mass is 16.3. The summed E-state index contributed by atoms with van der Waals surface area (Å²) in [4.78, 5) is 28.7. The van der Waals surface area contributed by atoms with Gasteiger partial charge in [0.05, 0.1) is 17.9 Å². The fourth-order valence-corrected chi connectivity index (χ4v) is 3.67. The zero-order valence-corrected chi connectivity index (χ0v) is 15.6. The van der Waals surface area contributed by atoms with E-state index in [2.05, 4.69) is 16.3 Å². The van der Waals surface area contributed by atoms with Crippen LogP contribution in [0.1, 0.15) is 49.4 Å². The van der Waals surface area contributed by atoms with Crippen LogP contribution in [0.2, 0.25) is 0 Å². The molecule has 6 nitrogen and oxygen atoms in total. The SMILES string of the molecule is CC(C(=O)NCCC1=CCCCC1)N1CCN(C(=O)c2ccoc2)CC1. The molecule has 3 rings (SSSR count). The average molecular weight is 359 g/mol. The highest BCUT2D eigenvalue weighted by Gasteiger charge is 2.28. The van der Waals surface area contributed by atoms with Gasteiger partial charge in [0.1, 0.15) is 6.26 Å². The molecule has 1 fully saturated rings. The van der Waals surface area contributed by atoms with Crippen LogP contribution < -0.4 is 5.32 Å². The first-order valence-electron chi connectivity index (χ1n) is 9.66. The van der Waals surface area contributed by atoms with Crippen molar-refractivity contribution >= 4 is 11.8 Å². The lowest BCUT2D eigenvalue weighted by Gasteiger charge is -2.37. The van der Waals surface area contributed by atoms with Gasteiger partial charge in [0.15, 0.2) is 0 Å². The molecule has 0 aromatic carbocycles. The monoisotopic (exact) mass is 359 g/mol. The number of rotatable bonds is 6. The Morgan fingerprint density at radius 3 is 2.69 bits per heavy atom. The lowest BCUT2D eigenvalue weighted by atomic mass is 9.97. The average Bonchev–Trinajstić information content (AvgIpc) is 3.22. The first-order chi connectivity index (χ1) is 12.6. The van der Waals surface area contributed by atoms with Crippen molar-refractivity contribution in [2.24, 2.45) is 0 Å². The topological polar surface area (TPSA) is 65.8 Å². The molecule has 1 N–H and O–H groups in total. The summed E-state index contributed by atoms with van der Waals surface area (Å²) in [6.45, 7) is 5.35. The molecular weight excluding hydrogens is 330 g/mol. The van der Waals surface area contributed by atoms with Crippen molar-refractivity contribution < 1.29 is 14.0 Å². The fourth-order valence-electron chi connectivity index (χ4n) is 3.67. The molecule has 2 heterocycles. The Morgan fingerprint density at radius 2 is 2.04 bits per heavy atom. The van der Waals surface area contributed by atoms with Crippen molar-refractivity contribution in [2.75, 3.05) is 32.7 Å². The van der Waals surface area contributed by atoms with Crippen LogP contribution in [0.3, 0.4) is 0 Å². The maximum absolute atomic E-state index is 12.4. The zero-order valence-electron chi connectivity index (χ0n) is 15.6. The second kappa shape index (κ2) is 9.03. The number of nitrogens with zero attached hydrogens (tertiary/aromatic N) is 2. The van der Waals surface area contributed by atoms with E-state index in [1.165, 1.54) is 43.8 Å². The number of hydrogen-bond acceptors (Lipinski definition) is 4. The van der Waals surface area contributed by atoms with Gasteiger partial charge in [-0.3, -0.25) is 14.5 Å². The Hall–Kier alpha value is -2.08. The van der Waals surface area contributed by atoms with Gasteiger partial charge in [-0.25, -0.2) is 0 Å². The molecule has 1 aromatic heterocycles. The van der Waals surface area contributed by atoms with Gasteiger partial charge >= 0.3 is 0 Å². The predicted octanol–water partition coefficient (Wildman–Crippen LogP) is 2.43. The molecule has 1 aliphatic carbocycles. The third kappa shape index (κ3) is 4.75. The van der Waals surface area contributed by atoms with Crippen molar-refractivity contribution in [1.29, 1.82) is 0 Å². The smallest absolute Gasteiger partial charge is 0.257 e. The Labute approximate surface area is 155 Å². The van der Waals surface area contributed by atoms with Crippen LogP contribution in [0.15, 0.2) is 34.7 Å². The van der Waals surface area contributed by atoms with Gasteiger partial charge in [-0.05, 0) is 45.1 Å². The summed E-state index contributed by atoms with van der Waals surface area (Å²) < 4.78 is 4.98. The predicted molar refractivity (Wildman–Crippen MR) is 99.8 cm³/mol. The molecule has 2 amide bonds. The molecular formula is C20H29N3O3. The van der Waals surface area contributed by atoms with Crippen LogP contribution in [0, 0.1) is 0 Å². The van der Waals surface area contributed by atoms with Crippen LogP contribution in [-0.4, -0.2) is 60.4 Å². The summed E-state index contributed by atoms with van der Waals surface area (Å²) in [5.41, 5.74) is 2.07. The molecule has 1 saturated heterocycles. The van der Waals surface area contributed by atoms with Crippen LogP contribution in [-0.2, 0) is 4.79 Å². The van der Waals surface area contributed by atoms with Gasteiger partial charge in [-0.2, -0.15) is 0 Å². The second-order valence-corrected chi connectivity index (χ2v) is 7.17. The molecule has 142 valence electrons. The number of furan rings is 1. The molecule has 0 radical (unpaired) electrons. The molecule has 0 bridgehead atoms. The minimum atomic E-state index is -0.165. The van der Waals surface area contributed by atoms with E-state index in [1.54, 1.807) is 6.07 Å². The molecule has 0 spiro atoms. The van der Waals surface area contributed by atoms with Crippen LogP contribution in [0.5, 0.6) is 0 Å². The largest absolute Gasteiger partial charge is 0.472 e. The summed E-state index contributed by atoms with van der Waals surface area (Å²) >= 11 is 0. The Bertz CT molecular complexity index is 631. The minimum Gasteiger partial charge on any atom is -0.472 e. The van der Waals surface area contributed by atoms with E-state index in [0.717, 1.165) is 6.42 Å². The molecule has 1 aliphatic heterocycles. The van der Waals surface area contributed by atoms with Crippen LogP contribution >= 0.6 is 0 Å². The molecule has 1 atom stereocenters. The fraction of sp³-hybridized carbons (Fsp3) is 0.600. The normalized spacial score (nSPS) is 19.7. The van der Waals surface area contributed by atoms with E-state index in [4.69, 9.17) is 4.42 Å². The summed E-state index contributed by atoms with van der Waals surface area (Å²) in [6.07, 6.45) is 11.2. The summed E-state index contributed by atoms with van der Waals surface area (Å²) in [6, 6.07) is 1.52. The summed E-state index contributed by atoms with van der Waals surface area (Å²) in [5.74, 6) is 0.0762. The Morgan fingerprint density at radius 1 is 1.23 bits per heavy atom. The highest BCUT2D eigenvalue weighted by molar-refractivity contribution is 5.93. The number of piperazine rings is 1. The van der Waals surface area contributed by atoms with Gasteiger partial charge in [0.25, 0.3) is 5.91 Å². The first-order valence-corrected chi connectivity index (χ1v) is 9.66.